The first kappa shape index (κ1) is 13.8. The van der Waals surface area contributed by atoms with Gasteiger partial charge in [-0.3, -0.25) is 0 Å². The predicted molar refractivity (Wildman–Crippen MR) is 80.3 cm³/mol. The van der Waals surface area contributed by atoms with Gasteiger partial charge in [-0.2, -0.15) is 4.39 Å². The summed E-state index contributed by atoms with van der Waals surface area (Å²) in [5.74, 6) is 0. The van der Waals surface area contributed by atoms with Crippen molar-refractivity contribution in [2.45, 2.75) is 18.3 Å². The van der Waals surface area contributed by atoms with Crippen molar-refractivity contribution >= 4 is 39.3 Å². The van der Waals surface area contributed by atoms with Gasteiger partial charge in [0.25, 0.3) is 0 Å². The van der Waals surface area contributed by atoms with Crippen molar-refractivity contribution in [3.8, 4) is 0 Å². The largest absolute Gasteiger partial charge is 0.199 e. The number of hydrogen-bond acceptors (Lipinski definition) is 1. The van der Waals surface area contributed by atoms with Crippen LogP contribution >= 0.6 is 34.4 Å². The molecule has 0 saturated carbocycles. The van der Waals surface area contributed by atoms with E-state index in [0.29, 0.717) is 0 Å². The molecule has 1 rings (SSSR count). The van der Waals surface area contributed by atoms with Gasteiger partial charge in [-0.25, -0.2) is 0 Å². The first-order chi connectivity index (χ1) is 7.71. The van der Waals surface area contributed by atoms with Crippen molar-refractivity contribution < 1.29 is 4.39 Å². The fourth-order valence-electron chi connectivity index (χ4n) is 1.21. The quantitative estimate of drug-likeness (QED) is 0.508. The van der Waals surface area contributed by atoms with E-state index in [4.69, 9.17) is 0 Å². The summed E-state index contributed by atoms with van der Waals surface area (Å²) in [5, 5.41) is -0.161. The van der Waals surface area contributed by atoms with Gasteiger partial charge >= 0.3 is 0 Å². The average molecular weight is 348 g/mol. The van der Waals surface area contributed by atoms with E-state index in [0.717, 1.165) is 26.7 Å². The maximum atomic E-state index is 13.2. The fraction of sp³-hybridized carbons (Fsp3) is 0.231. The lowest BCUT2D eigenvalue weighted by Crippen LogP contribution is -1.82. The highest BCUT2D eigenvalue weighted by Gasteiger charge is 2.04. The van der Waals surface area contributed by atoms with Gasteiger partial charge in [0, 0.05) is 9.33 Å². The highest BCUT2D eigenvalue weighted by molar-refractivity contribution is 14.1. The number of alkyl halides is 1. The monoisotopic (exact) mass is 348 g/mol. The minimum atomic E-state index is -0.161. The first-order valence-corrected chi connectivity index (χ1v) is 7.36. The van der Waals surface area contributed by atoms with Crippen LogP contribution in [0.2, 0.25) is 0 Å². The predicted octanol–water partition coefficient (Wildman–Crippen LogP) is 5.55. The molecule has 0 fully saturated rings. The van der Waals surface area contributed by atoms with Crippen molar-refractivity contribution in [1.29, 1.82) is 0 Å². The Morgan fingerprint density at radius 2 is 1.88 bits per heavy atom. The summed E-state index contributed by atoms with van der Waals surface area (Å²) >= 11 is 3.49. The molecule has 0 heterocycles. The van der Waals surface area contributed by atoms with Crippen LogP contribution in [0.3, 0.4) is 0 Å². The maximum Gasteiger partial charge on any atom is 0.157 e. The lowest BCUT2D eigenvalue weighted by molar-refractivity contribution is 0.699. The summed E-state index contributed by atoms with van der Waals surface area (Å²) in [7, 11) is 0. The molecule has 0 aliphatic carbocycles. The molecule has 0 spiro atoms. The third-order valence-electron chi connectivity index (χ3n) is 2.09. The minimum absolute atomic E-state index is 0.161. The number of allylic oxidation sites excluding steroid dienone is 2. The number of rotatable bonds is 4. The second kappa shape index (κ2) is 7.12. The van der Waals surface area contributed by atoms with Gasteiger partial charge in [0.2, 0.25) is 0 Å². The maximum absolute atomic E-state index is 13.2. The van der Waals surface area contributed by atoms with E-state index in [-0.39, 0.29) is 5.16 Å². The van der Waals surface area contributed by atoms with Crippen LogP contribution < -0.4 is 0 Å². The molecule has 0 bridgehead atoms. The van der Waals surface area contributed by atoms with E-state index in [2.05, 4.69) is 34.7 Å². The van der Waals surface area contributed by atoms with E-state index >= 15 is 0 Å². The lowest BCUT2D eigenvalue weighted by atomic mass is 10.1. The number of benzene rings is 1. The third-order valence-corrected chi connectivity index (χ3v) is 4.09. The number of thioether (sulfide) groups is 1. The molecular formula is C13H14FIS. The number of hydrogen-bond donors (Lipinski definition) is 0. The van der Waals surface area contributed by atoms with E-state index in [1.54, 1.807) is 6.92 Å². The first-order valence-electron chi connectivity index (χ1n) is 5.02. The van der Waals surface area contributed by atoms with Gasteiger partial charge in [-0.1, -0.05) is 64.7 Å². The Morgan fingerprint density at radius 3 is 2.31 bits per heavy atom. The van der Waals surface area contributed by atoms with E-state index in [1.165, 1.54) is 11.6 Å². The Kier molecular flexibility index (Phi) is 6.13. The molecule has 0 aliphatic heterocycles. The zero-order valence-corrected chi connectivity index (χ0v) is 12.3. The lowest BCUT2D eigenvalue weighted by Gasteiger charge is -2.06. The summed E-state index contributed by atoms with van der Waals surface area (Å²) < 4.78 is 14.2. The summed E-state index contributed by atoms with van der Waals surface area (Å²) in [4.78, 5) is 0.954. The highest BCUT2D eigenvalue weighted by atomic mass is 127. The minimum Gasteiger partial charge on any atom is -0.199 e. The van der Waals surface area contributed by atoms with Crippen LogP contribution in [-0.4, -0.2) is 0 Å². The summed E-state index contributed by atoms with van der Waals surface area (Å²) in [6.07, 6.45) is 3.42. The second-order valence-electron chi connectivity index (χ2n) is 3.18. The van der Waals surface area contributed by atoms with Crippen molar-refractivity contribution in [3.05, 3.63) is 52.7 Å². The zero-order valence-electron chi connectivity index (χ0n) is 9.34. The van der Waals surface area contributed by atoms with Crippen LogP contribution in [0.1, 0.15) is 25.0 Å². The molecule has 1 aromatic carbocycles. The zero-order chi connectivity index (χ0) is 12.0. The van der Waals surface area contributed by atoms with Crippen molar-refractivity contribution in [2.24, 2.45) is 0 Å². The van der Waals surface area contributed by atoms with Gasteiger partial charge in [-0.05, 0) is 31.1 Å². The molecular weight excluding hydrogens is 334 g/mol. The average Bonchev–Trinajstić information content (AvgIpc) is 2.35. The normalized spacial score (nSPS) is 13.0. The van der Waals surface area contributed by atoms with Crippen molar-refractivity contribution in [1.82, 2.24) is 0 Å². The third kappa shape index (κ3) is 3.94. The topological polar surface area (TPSA) is 0 Å². The molecule has 0 atom stereocenters. The Labute approximate surface area is 114 Å². The molecule has 0 unspecified atom stereocenters. The molecule has 1 aromatic rings. The smallest absolute Gasteiger partial charge is 0.157 e. The number of halogens is 2. The van der Waals surface area contributed by atoms with Crippen LogP contribution in [0.4, 0.5) is 4.39 Å². The van der Waals surface area contributed by atoms with Gasteiger partial charge in [0.15, 0.2) is 5.16 Å². The van der Waals surface area contributed by atoms with Crippen molar-refractivity contribution in [2.75, 3.05) is 0 Å². The molecule has 3 heteroatoms. The van der Waals surface area contributed by atoms with Gasteiger partial charge in [0.1, 0.15) is 0 Å². The second-order valence-corrected chi connectivity index (χ2v) is 4.98. The van der Waals surface area contributed by atoms with Crippen LogP contribution in [0.15, 0.2) is 41.6 Å². The summed E-state index contributed by atoms with van der Waals surface area (Å²) in [6.45, 7) is 3.63. The standard InChI is InChI=1S/C13H14FIS/c1-3-12(16-13(14)4-2)11-7-5-10(9-15)6-8-11/h3-8H,9H2,1-2H3/b12-3?,13-4-. The molecule has 0 radical (unpaired) electrons. The highest BCUT2D eigenvalue weighted by Crippen LogP contribution is 2.34. The molecule has 16 heavy (non-hydrogen) atoms. The molecule has 0 aromatic heterocycles. The molecule has 0 nitrogen and oxygen atoms in total. The van der Waals surface area contributed by atoms with Crippen LogP contribution in [0, 0.1) is 0 Å². The fourth-order valence-corrected chi connectivity index (χ4v) is 2.41. The van der Waals surface area contributed by atoms with E-state index in [1.807, 2.05) is 25.1 Å². The Balaban J connectivity index is 2.88. The van der Waals surface area contributed by atoms with Crippen LogP contribution in [0.25, 0.3) is 4.91 Å². The van der Waals surface area contributed by atoms with Crippen molar-refractivity contribution in [3.63, 3.8) is 0 Å². The molecule has 86 valence electrons. The molecule has 0 amide bonds. The van der Waals surface area contributed by atoms with Crippen LogP contribution in [0.5, 0.6) is 0 Å². The van der Waals surface area contributed by atoms with Crippen LogP contribution in [-0.2, 0) is 4.43 Å². The SMILES string of the molecule is CC=C(S/C(F)=C\C)c1ccc(CI)cc1. The summed E-state index contributed by atoms with van der Waals surface area (Å²) in [5.41, 5.74) is 2.36. The Bertz CT molecular complexity index is 393. The van der Waals surface area contributed by atoms with E-state index < -0.39 is 0 Å². The van der Waals surface area contributed by atoms with Gasteiger partial charge in [0.05, 0.1) is 0 Å². The Morgan fingerprint density at radius 1 is 1.25 bits per heavy atom. The molecule has 0 aliphatic rings. The Hall–Kier alpha value is -0.290. The van der Waals surface area contributed by atoms with Gasteiger partial charge in [-0.15, -0.1) is 0 Å². The summed E-state index contributed by atoms with van der Waals surface area (Å²) in [6, 6.07) is 8.25. The molecule has 0 saturated heterocycles. The van der Waals surface area contributed by atoms with E-state index in [9.17, 15) is 4.39 Å². The molecule has 0 N–H and O–H groups in total. The van der Waals surface area contributed by atoms with Gasteiger partial charge < -0.3 is 0 Å².